The predicted octanol–water partition coefficient (Wildman–Crippen LogP) is 2.15. The Morgan fingerprint density at radius 2 is 2.00 bits per heavy atom. The van der Waals surface area contributed by atoms with Crippen molar-refractivity contribution in [1.29, 1.82) is 0 Å². The van der Waals surface area contributed by atoms with Crippen molar-refractivity contribution in [2.45, 2.75) is 51.2 Å². The first-order valence-electron chi connectivity index (χ1n) is 8.50. The smallest absolute Gasteiger partial charge is 0.366 e. The van der Waals surface area contributed by atoms with Gasteiger partial charge < -0.3 is 19.7 Å². The third-order valence-electron chi connectivity index (χ3n) is 4.61. The van der Waals surface area contributed by atoms with Gasteiger partial charge in [0, 0.05) is 5.92 Å². The first-order valence-corrected chi connectivity index (χ1v) is 8.50. The van der Waals surface area contributed by atoms with E-state index in [-0.39, 0.29) is 24.0 Å². The summed E-state index contributed by atoms with van der Waals surface area (Å²) in [4.78, 5) is 24.8. The molecule has 0 spiro atoms. The summed E-state index contributed by atoms with van der Waals surface area (Å²) in [5, 5.41) is 19.2. The molecule has 138 valence electrons. The number of nitrogens with two attached hydrogens (primary N) is 1. The van der Waals surface area contributed by atoms with Gasteiger partial charge in [-0.2, -0.15) is 0 Å². The van der Waals surface area contributed by atoms with E-state index in [1.54, 1.807) is 6.92 Å². The van der Waals surface area contributed by atoms with E-state index >= 15 is 0 Å². The molecule has 0 aromatic heterocycles. The molecule has 0 amide bonds. The minimum absolute atomic E-state index is 0.159. The van der Waals surface area contributed by atoms with Crippen LogP contribution in [0.4, 0.5) is 0 Å². The summed E-state index contributed by atoms with van der Waals surface area (Å²) in [7, 11) is 0. The van der Waals surface area contributed by atoms with E-state index in [0.717, 1.165) is 6.42 Å². The molecule has 0 bridgehead atoms. The maximum Gasteiger partial charge on any atom is 0.366 e. The van der Waals surface area contributed by atoms with Gasteiger partial charge in [-0.15, -0.1) is 0 Å². The molecule has 1 saturated carbocycles. The Balaban J connectivity index is 2.29. The van der Waals surface area contributed by atoms with Gasteiger partial charge >= 0.3 is 11.9 Å². The number of ether oxygens (including phenoxy) is 2. The lowest BCUT2D eigenvalue weighted by Crippen LogP contribution is -2.57. The Labute approximate surface area is 146 Å². The van der Waals surface area contributed by atoms with Gasteiger partial charge in [0.15, 0.2) is 11.5 Å². The van der Waals surface area contributed by atoms with Crippen molar-refractivity contribution in [3.63, 3.8) is 0 Å². The molecule has 1 aromatic carbocycles. The zero-order valence-corrected chi connectivity index (χ0v) is 14.5. The Morgan fingerprint density at radius 3 is 2.52 bits per heavy atom. The van der Waals surface area contributed by atoms with E-state index in [4.69, 9.17) is 15.2 Å². The van der Waals surface area contributed by atoms with Gasteiger partial charge in [0.2, 0.25) is 0 Å². The van der Waals surface area contributed by atoms with E-state index in [0.29, 0.717) is 24.8 Å². The van der Waals surface area contributed by atoms with Crippen molar-refractivity contribution >= 4 is 11.9 Å². The van der Waals surface area contributed by atoms with Gasteiger partial charge in [-0.05, 0) is 37.0 Å². The summed E-state index contributed by atoms with van der Waals surface area (Å²) in [6.45, 7) is 3.60. The summed E-state index contributed by atoms with van der Waals surface area (Å²) in [6, 6.07) is 4.07. The lowest BCUT2D eigenvalue weighted by Gasteiger charge is -2.35. The molecule has 4 N–H and O–H groups in total. The lowest BCUT2D eigenvalue weighted by atomic mass is 9.85. The number of hydrogen-bond acceptors (Lipinski definition) is 7. The van der Waals surface area contributed by atoms with Crippen LogP contribution in [0.1, 0.15) is 51.0 Å². The van der Waals surface area contributed by atoms with Crippen molar-refractivity contribution in [3.8, 4) is 11.5 Å². The minimum atomic E-state index is -2.01. The van der Waals surface area contributed by atoms with Gasteiger partial charge in [0.05, 0.1) is 12.5 Å². The van der Waals surface area contributed by atoms with E-state index in [1.807, 2.05) is 6.92 Å². The molecule has 0 aliphatic heterocycles. The summed E-state index contributed by atoms with van der Waals surface area (Å²) in [6.07, 6.45) is 2.98. The molecule has 1 aromatic rings. The minimum Gasteiger partial charge on any atom is -0.504 e. The van der Waals surface area contributed by atoms with Gasteiger partial charge in [-0.3, -0.25) is 10.5 Å². The maximum absolute atomic E-state index is 12.5. The average molecular weight is 351 g/mol. The third-order valence-corrected chi connectivity index (χ3v) is 4.61. The zero-order chi connectivity index (χ0) is 18.6. The second-order valence-corrected chi connectivity index (χ2v) is 6.45. The van der Waals surface area contributed by atoms with Crippen LogP contribution in [0.25, 0.3) is 0 Å². The standard InChI is InChI=1S/C18H25NO6/c1-3-9-24-17(23)18(19,25-16(22)12-5-4-6-12)11(2)13-7-8-14(20)15(21)10-13/h7-8,10-12,20-21H,3-6,9,19H2,1-2H3/t11?,18-/m1/s1. The summed E-state index contributed by atoms with van der Waals surface area (Å²) < 4.78 is 10.5. The first-order chi connectivity index (χ1) is 11.8. The monoisotopic (exact) mass is 351 g/mol. The van der Waals surface area contributed by atoms with E-state index in [2.05, 4.69) is 0 Å². The highest BCUT2D eigenvalue weighted by Crippen LogP contribution is 2.36. The summed E-state index contributed by atoms with van der Waals surface area (Å²) >= 11 is 0. The topological polar surface area (TPSA) is 119 Å². The van der Waals surface area contributed by atoms with Crippen LogP contribution >= 0.6 is 0 Å². The Bertz CT molecular complexity index is 642. The molecule has 7 heteroatoms. The fraction of sp³-hybridized carbons (Fsp3) is 0.556. The van der Waals surface area contributed by atoms with Crippen LogP contribution in [0.15, 0.2) is 18.2 Å². The van der Waals surface area contributed by atoms with Gasteiger partial charge in [0.1, 0.15) is 0 Å². The highest BCUT2D eigenvalue weighted by molar-refractivity contribution is 5.85. The highest BCUT2D eigenvalue weighted by Gasteiger charge is 2.48. The van der Waals surface area contributed by atoms with E-state index in [1.165, 1.54) is 18.2 Å². The number of esters is 2. The molecule has 0 radical (unpaired) electrons. The van der Waals surface area contributed by atoms with E-state index in [9.17, 15) is 19.8 Å². The Kier molecular flexibility index (Phi) is 5.89. The number of rotatable bonds is 7. The largest absolute Gasteiger partial charge is 0.504 e. The third kappa shape index (κ3) is 4.04. The highest BCUT2D eigenvalue weighted by atomic mass is 16.6. The maximum atomic E-state index is 12.5. The molecular weight excluding hydrogens is 326 g/mol. The SMILES string of the molecule is CCCOC(=O)[C@](N)(OC(=O)C1CCC1)C(C)c1ccc(O)c(O)c1. The second kappa shape index (κ2) is 7.74. The van der Waals surface area contributed by atoms with E-state index < -0.39 is 23.6 Å². The molecule has 1 aliphatic carbocycles. The lowest BCUT2D eigenvalue weighted by molar-refractivity contribution is -0.189. The summed E-state index contributed by atoms with van der Waals surface area (Å²) in [5.74, 6) is -3.02. The van der Waals surface area contributed by atoms with Crippen molar-refractivity contribution in [2.75, 3.05) is 6.61 Å². The fourth-order valence-corrected chi connectivity index (χ4v) is 2.57. The number of phenolic OH excluding ortho intramolecular Hbond substituents is 2. The van der Waals surface area contributed by atoms with Crippen LogP contribution in [-0.4, -0.2) is 34.5 Å². The van der Waals surface area contributed by atoms with Gasteiger partial charge in [-0.25, -0.2) is 4.79 Å². The Morgan fingerprint density at radius 1 is 1.32 bits per heavy atom. The normalized spacial score (nSPS) is 17.9. The molecule has 0 heterocycles. The first kappa shape index (κ1) is 19.1. The molecule has 25 heavy (non-hydrogen) atoms. The van der Waals surface area contributed by atoms with Crippen LogP contribution in [0, 0.1) is 5.92 Å². The van der Waals surface area contributed by atoms with Gasteiger partial charge in [-0.1, -0.05) is 26.3 Å². The van der Waals surface area contributed by atoms with Crippen LogP contribution in [0.2, 0.25) is 0 Å². The number of carbonyl (C=O) groups is 2. The average Bonchev–Trinajstić information content (AvgIpc) is 2.52. The van der Waals surface area contributed by atoms with Crippen molar-refractivity contribution < 1.29 is 29.3 Å². The molecule has 0 saturated heterocycles. The number of aromatic hydroxyl groups is 2. The second-order valence-electron chi connectivity index (χ2n) is 6.45. The zero-order valence-electron chi connectivity index (χ0n) is 14.5. The fourth-order valence-electron chi connectivity index (χ4n) is 2.57. The molecule has 2 atom stereocenters. The molecule has 1 aliphatic rings. The van der Waals surface area contributed by atoms with Gasteiger partial charge in [0.25, 0.3) is 5.72 Å². The molecule has 1 fully saturated rings. The van der Waals surface area contributed by atoms with Crippen molar-refractivity contribution in [2.24, 2.45) is 11.7 Å². The summed E-state index contributed by atoms with van der Waals surface area (Å²) in [5.41, 5.74) is 4.63. The van der Waals surface area contributed by atoms with Crippen molar-refractivity contribution in [3.05, 3.63) is 23.8 Å². The number of phenols is 2. The Hall–Kier alpha value is -2.28. The molecular formula is C18H25NO6. The van der Waals surface area contributed by atoms with Crippen molar-refractivity contribution in [1.82, 2.24) is 0 Å². The molecule has 7 nitrogen and oxygen atoms in total. The molecule has 1 unspecified atom stereocenters. The molecule has 2 rings (SSSR count). The quantitative estimate of drug-likeness (QED) is 0.391. The predicted molar refractivity (Wildman–Crippen MR) is 89.8 cm³/mol. The number of carbonyl (C=O) groups excluding carboxylic acids is 2. The van der Waals surface area contributed by atoms with Crippen LogP contribution in [0.3, 0.4) is 0 Å². The van der Waals surface area contributed by atoms with Crippen LogP contribution < -0.4 is 5.73 Å². The number of benzene rings is 1. The van der Waals surface area contributed by atoms with Crippen LogP contribution in [0.5, 0.6) is 11.5 Å². The number of hydrogen-bond donors (Lipinski definition) is 3. The van der Waals surface area contributed by atoms with Crippen LogP contribution in [-0.2, 0) is 19.1 Å².